The second-order valence-electron chi connectivity index (χ2n) is 5.93. The Morgan fingerprint density at radius 3 is 2.59 bits per heavy atom. The van der Waals surface area contributed by atoms with Crippen LogP contribution in [-0.2, 0) is 12.8 Å². The fourth-order valence-corrected chi connectivity index (χ4v) is 3.16. The summed E-state index contributed by atoms with van der Waals surface area (Å²) in [5, 5.41) is 0.782. The van der Waals surface area contributed by atoms with Crippen molar-refractivity contribution >= 4 is 17.4 Å². The second-order valence-corrected chi connectivity index (χ2v) is 6.33. The maximum atomic E-state index is 6.44. The van der Waals surface area contributed by atoms with Crippen LogP contribution >= 0.6 is 11.6 Å². The van der Waals surface area contributed by atoms with Crippen LogP contribution in [0, 0.1) is 0 Å². The van der Waals surface area contributed by atoms with Crippen molar-refractivity contribution in [1.29, 1.82) is 0 Å². The highest BCUT2D eigenvalue weighted by Crippen LogP contribution is 2.37. The molecule has 0 radical (unpaired) electrons. The summed E-state index contributed by atoms with van der Waals surface area (Å²) in [5.41, 5.74) is 5.07. The molecule has 114 valence electrons. The Labute approximate surface area is 137 Å². The van der Waals surface area contributed by atoms with Gasteiger partial charge in [0, 0.05) is 25.5 Å². The van der Waals surface area contributed by atoms with Gasteiger partial charge in [-0.2, -0.15) is 0 Å². The molecule has 22 heavy (non-hydrogen) atoms. The summed E-state index contributed by atoms with van der Waals surface area (Å²) in [7, 11) is 4.10. The normalized spacial score (nSPS) is 16.9. The van der Waals surface area contributed by atoms with E-state index < -0.39 is 0 Å². The number of nitrogens with zero attached hydrogens (tertiary/aromatic N) is 2. The third-order valence-electron chi connectivity index (χ3n) is 4.26. The third kappa shape index (κ3) is 2.76. The van der Waals surface area contributed by atoms with Crippen molar-refractivity contribution in [1.82, 2.24) is 4.90 Å². The molecule has 2 nitrogen and oxygen atoms in total. The van der Waals surface area contributed by atoms with Gasteiger partial charge in [0.1, 0.15) is 11.9 Å². The van der Waals surface area contributed by atoms with Gasteiger partial charge in [0.05, 0.1) is 0 Å². The van der Waals surface area contributed by atoms with Gasteiger partial charge in [0.15, 0.2) is 0 Å². The van der Waals surface area contributed by atoms with Crippen LogP contribution in [0.15, 0.2) is 47.5 Å². The van der Waals surface area contributed by atoms with Gasteiger partial charge >= 0.3 is 0 Å². The highest BCUT2D eigenvalue weighted by molar-refractivity contribution is 6.31. The molecule has 1 unspecified atom stereocenters. The minimum atomic E-state index is -0.0126. The van der Waals surface area contributed by atoms with Crippen molar-refractivity contribution in [3.05, 3.63) is 69.7 Å². The molecule has 3 rings (SSSR count). The summed E-state index contributed by atoms with van der Waals surface area (Å²) < 4.78 is 0. The molecule has 2 aromatic carbocycles. The summed E-state index contributed by atoms with van der Waals surface area (Å²) in [5.74, 6) is 1.10. The van der Waals surface area contributed by atoms with Gasteiger partial charge in [-0.05, 0) is 34.7 Å². The average molecular weight is 313 g/mol. The lowest BCUT2D eigenvalue weighted by Gasteiger charge is -2.28. The fourth-order valence-electron chi connectivity index (χ4n) is 2.92. The van der Waals surface area contributed by atoms with Crippen LogP contribution in [0.1, 0.15) is 35.2 Å². The number of halogens is 1. The highest BCUT2D eigenvalue weighted by atomic mass is 35.5. The van der Waals surface area contributed by atoms with Gasteiger partial charge in [0.25, 0.3) is 0 Å². The molecule has 0 bridgehead atoms. The highest BCUT2D eigenvalue weighted by Gasteiger charge is 2.25. The minimum Gasteiger partial charge on any atom is -0.366 e. The van der Waals surface area contributed by atoms with E-state index in [2.05, 4.69) is 36.1 Å². The summed E-state index contributed by atoms with van der Waals surface area (Å²) in [4.78, 5) is 7.08. The van der Waals surface area contributed by atoms with Gasteiger partial charge in [-0.25, -0.2) is 0 Å². The van der Waals surface area contributed by atoms with Crippen LogP contribution < -0.4 is 0 Å². The zero-order chi connectivity index (χ0) is 15.7. The van der Waals surface area contributed by atoms with Gasteiger partial charge in [-0.1, -0.05) is 54.9 Å². The van der Waals surface area contributed by atoms with Gasteiger partial charge < -0.3 is 4.90 Å². The van der Waals surface area contributed by atoms with E-state index >= 15 is 0 Å². The number of fused-ring (bicyclic) bond motifs is 1. The second kappa shape index (κ2) is 6.13. The summed E-state index contributed by atoms with van der Waals surface area (Å²) in [6, 6.07) is 14.8. The lowest BCUT2D eigenvalue weighted by Crippen LogP contribution is -2.29. The average Bonchev–Trinajstić information content (AvgIpc) is 2.53. The first kappa shape index (κ1) is 15.1. The molecule has 0 N–H and O–H groups in total. The van der Waals surface area contributed by atoms with E-state index in [1.807, 2.05) is 32.3 Å². The number of amidine groups is 1. The molecule has 0 aliphatic carbocycles. The number of likely N-dealkylation sites (N-methyl/N-ethyl adjacent to an activating group) is 1. The van der Waals surface area contributed by atoms with Crippen molar-refractivity contribution in [2.45, 2.75) is 25.8 Å². The first-order chi connectivity index (χ1) is 10.6. The Kier molecular flexibility index (Phi) is 4.21. The standard InChI is InChI=1S/C19H21ClN2/c1-4-13-9-10-14-12-18(22(2)3)21-19(16(14)11-13)15-7-5-6-8-17(15)20/h5-11,19H,4,12H2,1-3H3. The monoisotopic (exact) mass is 312 g/mol. The van der Waals surface area contributed by atoms with Crippen LogP contribution in [0.5, 0.6) is 0 Å². The number of hydrogen-bond donors (Lipinski definition) is 0. The molecular weight excluding hydrogens is 292 g/mol. The molecule has 2 aromatic rings. The predicted octanol–water partition coefficient (Wildman–Crippen LogP) is 4.51. The van der Waals surface area contributed by atoms with E-state index in [4.69, 9.17) is 16.6 Å². The van der Waals surface area contributed by atoms with E-state index in [0.717, 1.165) is 29.3 Å². The van der Waals surface area contributed by atoms with Gasteiger partial charge in [0.2, 0.25) is 0 Å². The molecule has 0 saturated heterocycles. The Balaban J connectivity index is 2.16. The number of benzene rings is 2. The van der Waals surface area contributed by atoms with E-state index in [0.29, 0.717) is 0 Å². The zero-order valence-electron chi connectivity index (χ0n) is 13.3. The molecule has 0 fully saturated rings. The van der Waals surface area contributed by atoms with E-state index in [-0.39, 0.29) is 6.04 Å². The Morgan fingerprint density at radius 1 is 1.14 bits per heavy atom. The maximum absolute atomic E-state index is 6.44. The summed E-state index contributed by atoms with van der Waals surface area (Å²) in [6.45, 7) is 2.18. The number of rotatable bonds is 2. The van der Waals surface area contributed by atoms with E-state index in [9.17, 15) is 0 Å². The number of aliphatic imine (C=N–C) groups is 1. The largest absolute Gasteiger partial charge is 0.366 e. The first-order valence-corrected chi connectivity index (χ1v) is 8.08. The molecule has 1 aliphatic rings. The van der Waals surface area contributed by atoms with Crippen molar-refractivity contribution in [2.75, 3.05) is 14.1 Å². The van der Waals surface area contributed by atoms with Crippen molar-refractivity contribution < 1.29 is 0 Å². The van der Waals surface area contributed by atoms with Crippen molar-refractivity contribution in [3.8, 4) is 0 Å². The Morgan fingerprint density at radius 2 is 1.91 bits per heavy atom. The molecule has 0 saturated carbocycles. The molecule has 0 aromatic heterocycles. The van der Waals surface area contributed by atoms with Crippen LogP contribution in [0.2, 0.25) is 5.02 Å². The molecular formula is C19H21ClN2. The molecule has 1 atom stereocenters. The van der Waals surface area contributed by atoms with Crippen molar-refractivity contribution in [2.24, 2.45) is 4.99 Å². The predicted molar refractivity (Wildman–Crippen MR) is 93.9 cm³/mol. The smallest absolute Gasteiger partial charge is 0.104 e. The topological polar surface area (TPSA) is 15.6 Å². The van der Waals surface area contributed by atoms with Crippen molar-refractivity contribution in [3.63, 3.8) is 0 Å². The SMILES string of the molecule is CCc1ccc2c(c1)C(c1ccccc1Cl)N=C(N(C)C)C2. The molecule has 3 heteroatoms. The molecule has 0 amide bonds. The fraction of sp³-hybridized carbons (Fsp3) is 0.316. The molecule has 1 aliphatic heterocycles. The van der Waals surface area contributed by atoms with E-state index in [1.165, 1.54) is 16.7 Å². The lowest BCUT2D eigenvalue weighted by molar-refractivity contribution is 0.591. The van der Waals surface area contributed by atoms with Crippen LogP contribution in [0.25, 0.3) is 0 Å². The Hall–Kier alpha value is -1.80. The van der Waals surface area contributed by atoms with E-state index in [1.54, 1.807) is 0 Å². The zero-order valence-corrected chi connectivity index (χ0v) is 14.1. The van der Waals surface area contributed by atoms with Gasteiger partial charge in [-0.15, -0.1) is 0 Å². The minimum absolute atomic E-state index is 0.0126. The first-order valence-electron chi connectivity index (χ1n) is 7.70. The van der Waals surface area contributed by atoms with Crippen LogP contribution in [0.3, 0.4) is 0 Å². The number of hydrogen-bond acceptors (Lipinski definition) is 2. The maximum Gasteiger partial charge on any atom is 0.104 e. The quantitative estimate of drug-likeness (QED) is 0.796. The van der Waals surface area contributed by atoms with Gasteiger partial charge in [-0.3, -0.25) is 4.99 Å². The lowest BCUT2D eigenvalue weighted by atomic mass is 9.88. The molecule has 0 spiro atoms. The Bertz CT molecular complexity index is 719. The van der Waals surface area contributed by atoms with Crippen LogP contribution in [0.4, 0.5) is 0 Å². The van der Waals surface area contributed by atoms with Crippen LogP contribution in [-0.4, -0.2) is 24.8 Å². The summed E-state index contributed by atoms with van der Waals surface area (Å²) >= 11 is 6.44. The summed E-state index contributed by atoms with van der Waals surface area (Å²) in [6.07, 6.45) is 1.92. The molecule has 1 heterocycles. The third-order valence-corrected chi connectivity index (χ3v) is 4.60. The number of aryl methyl sites for hydroxylation is 1.